The number of likely N-dealkylation sites (tertiary alicyclic amines) is 1. The zero-order valence-electron chi connectivity index (χ0n) is 15.9. The molecule has 0 radical (unpaired) electrons. The van der Waals surface area contributed by atoms with Crippen LogP contribution < -0.4 is 10.6 Å². The lowest BCUT2D eigenvalue weighted by Crippen LogP contribution is -2.44. The molecule has 2 aliphatic heterocycles. The van der Waals surface area contributed by atoms with Gasteiger partial charge in [-0.15, -0.1) is 0 Å². The Kier molecular flexibility index (Phi) is 5.29. The second-order valence-electron chi connectivity index (χ2n) is 7.49. The first-order chi connectivity index (χ1) is 14.0. The molecular formula is C22H22FN3O3. The van der Waals surface area contributed by atoms with E-state index in [4.69, 9.17) is 0 Å². The summed E-state index contributed by atoms with van der Waals surface area (Å²) in [5.41, 5.74) is 1.75. The van der Waals surface area contributed by atoms with E-state index < -0.39 is 11.7 Å². The summed E-state index contributed by atoms with van der Waals surface area (Å²) in [5.74, 6) is -1.71. The van der Waals surface area contributed by atoms with E-state index in [1.54, 1.807) is 11.0 Å². The molecule has 0 saturated carbocycles. The van der Waals surface area contributed by atoms with Crippen LogP contribution in [-0.4, -0.2) is 35.7 Å². The molecule has 0 aliphatic carbocycles. The van der Waals surface area contributed by atoms with Crippen LogP contribution in [0.25, 0.3) is 0 Å². The minimum Gasteiger partial charge on any atom is -0.342 e. The molecular weight excluding hydrogens is 373 g/mol. The third kappa shape index (κ3) is 4.13. The Balaban J connectivity index is 1.39. The summed E-state index contributed by atoms with van der Waals surface area (Å²) in [6.45, 7) is 0.917. The Morgan fingerprint density at radius 1 is 1.07 bits per heavy atom. The molecule has 2 N–H and O–H groups in total. The zero-order chi connectivity index (χ0) is 20.4. The van der Waals surface area contributed by atoms with Crippen molar-refractivity contribution >= 4 is 29.1 Å². The van der Waals surface area contributed by atoms with E-state index in [1.807, 2.05) is 30.3 Å². The second-order valence-corrected chi connectivity index (χ2v) is 7.49. The van der Waals surface area contributed by atoms with Crippen LogP contribution in [0.15, 0.2) is 48.5 Å². The first-order valence-corrected chi connectivity index (χ1v) is 9.75. The number of rotatable bonds is 3. The minimum absolute atomic E-state index is 0.0406. The summed E-state index contributed by atoms with van der Waals surface area (Å²) in [6.07, 6.45) is 1.19. The molecule has 0 bridgehead atoms. The maximum absolute atomic E-state index is 13.5. The molecule has 2 aliphatic rings. The van der Waals surface area contributed by atoms with Crippen molar-refractivity contribution in [2.75, 3.05) is 23.7 Å². The number of piperidine rings is 1. The maximum atomic E-state index is 13.5. The van der Waals surface area contributed by atoms with E-state index in [0.29, 0.717) is 37.2 Å². The standard InChI is InChI=1S/C22H22FN3O3/c23-15-6-7-17-18(13-20(27)25-19(17)12-15)22(29)26-10-8-14(9-11-26)21(28)24-16-4-2-1-3-5-16/h1-7,12,14,18H,8-11,13H2,(H,24,28)(H,25,27). The highest BCUT2D eigenvalue weighted by atomic mass is 19.1. The fraction of sp³-hybridized carbons (Fsp3) is 0.318. The van der Waals surface area contributed by atoms with Gasteiger partial charge in [-0.1, -0.05) is 24.3 Å². The zero-order valence-corrected chi connectivity index (χ0v) is 15.9. The number of benzene rings is 2. The number of halogens is 1. The van der Waals surface area contributed by atoms with Crippen molar-refractivity contribution < 1.29 is 18.8 Å². The molecule has 1 saturated heterocycles. The predicted octanol–water partition coefficient (Wildman–Crippen LogP) is 3.13. The van der Waals surface area contributed by atoms with Gasteiger partial charge in [0.05, 0.1) is 5.92 Å². The molecule has 0 aromatic heterocycles. The Morgan fingerprint density at radius 2 is 1.79 bits per heavy atom. The van der Waals surface area contributed by atoms with Crippen molar-refractivity contribution in [1.82, 2.24) is 4.90 Å². The van der Waals surface area contributed by atoms with Gasteiger partial charge in [-0.3, -0.25) is 14.4 Å². The fourth-order valence-corrected chi connectivity index (χ4v) is 4.01. The van der Waals surface area contributed by atoms with Crippen molar-refractivity contribution in [3.63, 3.8) is 0 Å². The summed E-state index contributed by atoms with van der Waals surface area (Å²) in [6, 6.07) is 13.4. The van der Waals surface area contributed by atoms with Crippen LogP contribution in [0.3, 0.4) is 0 Å². The van der Waals surface area contributed by atoms with Gasteiger partial charge in [0.25, 0.3) is 0 Å². The topological polar surface area (TPSA) is 78.5 Å². The SMILES string of the molecule is O=C1CC(C(=O)N2CCC(C(=O)Nc3ccccc3)CC2)c2ccc(F)cc2N1. The van der Waals surface area contributed by atoms with Crippen LogP contribution in [0.1, 0.15) is 30.7 Å². The van der Waals surface area contributed by atoms with E-state index in [0.717, 1.165) is 5.69 Å². The van der Waals surface area contributed by atoms with Crippen LogP contribution in [0.4, 0.5) is 15.8 Å². The van der Waals surface area contributed by atoms with Gasteiger partial charge in [-0.25, -0.2) is 4.39 Å². The normalized spacial score (nSPS) is 19.3. The Labute approximate surface area is 168 Å². The van der Waals surface area contributed by atoms with Gasteiger partial charge in [0.1, 0.15) is 5.82 Å². The first-order valence-electron chi connectivity index (χ1n) is 9.75. The van der Waals surface area contributed by atoms with Crippen LogP contribution in [-0.2, 0) is 14.4 Å². The van der Waals surface area contributed by atoms with Crippen LogP contribution in [0.5, 0.6) is 0 Å². The molecule has 1 fully saturated rings. The number of nitrogens with one attached hydrogen (secondary N) is 2. The molecule has 2 aromatic rings. The molecule has 2 aromatic carbocycles. The lowest BCUT2D eigenvalue weighted by Gasteiger charge is -2.35. The van der Waals surface area contributed by atoms with Crippen molar-refractivity contribution in [3.8, 4) is 0 Å². The quantitative estimate of drug-likeness (QED) is 0.838. The van der Waals surface area contributed by atoms with Gasteiger partial charge in [-0.05, 0) is 42.7 Å². The van der Waals surface area contributed by atoms with Crippen LogP contribution in [0, 0.1) is 11.7 Å². The van der Waals surface area contributed by atoms with E-state index >= 15 is 0 Å². The molecule has 1 unspecified atom stereocenters. The van der Waals surface area contributed by atoms with E-state index in [1.165, 1.54) is 12.1 Å². The maximum Gasteiger partial charge on any atom is 0.230 e. The predicted molar refractivity (Wildman–Crippen MR) is 107 cm³/mol. The lowest BCUT2D eigenvalue weighted by molar-refractivity contribution is -0.137. The molecule has 29 heavy (non-hydrogen) atoms. The van der Waals surface area contributed by atoms with Gasteiger partial charge < -0.3 is 15.5 Å². The van der Waals surface area contributed by atoms with Gasteiger partial charge in [0, 0.05) is 36.8 Å². The molecule has 4 rings (SSSR count). The lowest BCUT2D eigenvalue weighted by atomic mass is 9.88. The summed E-state index contributed by atoms with van der Waals surface area (Å²) in [7, 11) is 0. The van der Waals surface area contributed by atoms with Gasteiger partial charge in [0.15, 0.2) is 0 Å². The molecule has 2 heterocycles. The highest BCUT2D eigenvalue weighted by Crippen LogP contribution is 2.35. The van der Waals surface area contributed by atoms with E-state index in [-0.39, 0.29) is 30.1 Å². The third-order valence-corrected chi connectivity index (χ3v) is 5.57. The smallest absolute Gasteiger partial charge is 0.230 e. The van der Waals surface area contributed by atoms with Gasteiger partial charge >= 0.3 is 0 Å². The number of fused-ring (bicyclic) bond motifs is 1. The minimum atomic E-state index is -0.617. The number of nitrogens with zero attached hydrogens (tertiary/aromatic N) is 1. The molecule has 1 atom stereocenters. The van der Waals surface area contributed by atoms with Crippen LogP contribution in [0.2, 0.25) is 0 Å². The van der Waals surface area contributed by atoms with Crippen LogP contribution >= 0.6 is 0 Å². The summed E-state index contributed by atoms with van der Waals surface area (Å²) in [5, 5.41) is 5.54. The molecule has 150 valence electrons. The fourth-order valence-electron chi connectivity index (χ4n) is 4.01. The highest BCUT2D eigenvalue weighted by molar-refractivity contribution is 6.01. The number of carbonyl (C=O) groups excluding carboxylic acids is 3. The average molecular weight is 395 g/mol. The Hall–Kier alpha value is -3.22. The van der Waals surface area contributed by atoms with E-state index in [2.05, 4.69) is 10.6 Å². The molecule has 3 amide bonds. The average Bonchev–Trinajstić information content (AvgIpc) is 2.73. The van der Waals surface area contributed by atoms with Crippen molar-refractivity contribution in [2.45, 2.75) is 25.2 Å². The number of para-hydroxylation sites is 1. The van der Waals surface area contributed by atoms with Gasteiger partial charge in [0.2, 0.25) is 17.7 Å². The Bertz CT molecular complexity index is 940. The number of hydrogen-bond acceptors (Lipinski definition) is 3. The number of amides is 3. The summed E-state index contributed by atoms with van der Waals surface area (Å²) < 4.78 is 13.5. The molecule has 7 heteroatoms. The first kappa shape index (κ1) is 19.1. The largest absolute Gasteiger partial charge is 0.342 e. The summed E-state index contributed by atoms with van der Waals surface area (Å²) in [4.78, 5) is 39.3. The monoisotopic (exact) mass is 395 g/mol. The van der Waals surface area contributed by atoms with E-state index in [9.17, 15) is 18.8 Å². The summed E-state index contributed by atoms with van der Waals surface area (Å²) >= 11 is 0. The number of carbonyl (C=O) groups is 3. The van der Waals surface area contributed by atoms with Crippen molar-refractivity contribution in [3.05, 3.63) is 59.9 Å². The number of anilines is 2. The number of hydrogen-bond donors (Lipinski definition) is 2. The molecule has 6 nitrogen and oxygen atoms in total. The van der Waals surface area contributed by atoms with Crippen molar-refractivity contribution in [2.24, 2.45) is 5.92 Å². The Morgan fingerprint density at radius 3 is 2.52 bits per heavy atom. The third-order valence-electron chi connectivity index (χ3n) is 5.57. The van der Waals surface area contributed by atoms with Crippen molar-refractivity contribution in [1.29, 1.82) is 0 Å². The second kappa shape index (κ2) is 8.03. The van der Waals surface area contributed by atoms with Gasteiger partial charge in [-0.2, -0.15) is 0 Å². The highest BCUT2D eigenvalue weighted by Gasteiger charge is 2.36. The molecule has 0 spiro atoms.